The SMILES string of the molecule is CCS(=O)(=O)c1ccc(Cc2c(C)c(CC(=O)O)c3ccc(C#N)cn23)cc1. The Bertz CT molecular complexity index is 1200. The Labute approximate surface area is 163 Å². The molecule has 0 aliphatic heterocycles. The van der Waals surface area contributed by atoms with Crippen molar-refractivity contribution in [3.05, 3.63) is 70.5 Å². The van der Waals surface area contributed by atoms with Crippen LogP contribution in [-0.4, -0.2) is 29.6 Å². The average molecular weight is 396 g/mol. The van der Waals surface area contributed by atoms with Crippen molar-refractivity contribution in [2.45, 2.75) is 31.6 Å². The van der Waals surface area contributed by atoms with Gasteiger partial charge in [-0.25, -0.2) is 8.42 Å². The average Bonchev–Trinajstić information content (AvgIpc) is 2.93. The number of sulfone groups is 1. The molecule has 28 heavy (non-hydrogen) atoms. The van der Waals surface area contributed by atoms with Crippen molar-refractivity contribution in [3.63, 3.8) is 0 Å². The highest BCUT2D eigenvalue weighted by atomic mass is 32.2. The van der Waals surface area contributed by atoms with Gasteiger partial charge >= 0.3 is 5.97 Å². The first kappa shape index (κ1) is 19.6. The summed E-state index contributed by atoms with van der Waals surface area (Å²) in [5.41, 5.74) is 4.62. The molecule has 3 aromatic rings. The van der Waals surface area contributed by atoms with E-state index < -0.39 is 15.8 Å². The maximum absolute atomic E-state index is 12.0. The molecule has 3 rings (SSSR count). The molecule has 0 radical (unpaired) electrons. The van der Waals surface area contributed by atoms with Gasteiger partial charge in [-0.15, -0.1) is 0 Å². The molecule has 2 aromatic heterocycles. The number of nitrogens with zero attached hydrogens (tertiary/aromatic N) is 2. The van der Waals surface area contributed by atoms with E-state index in [-0.39, 0.29) is 17.1 Å². The van der Waals surface area contributed by atoms with Gasteiger partial charge < -0.3 is 9.51 Å². The summed E-state index contributed by atoms with van der Waals surface area (Å²) in [5, 5.41) is 18.5. The lowest BCUT2D eigenvalue weighted by Gasteiger charge is -2.07. The first-order valence-corrected chi connectivity index (χ1v) is 10.5. The van der Waals surface area contributed by atoms with E-state index in [1.165, 1.54) is 0 Å². The molecule has 2 heterocycles. The molecule has 0 fully saturated rings. The van der Waals surface area contributed by atoms with Gasteiger partial charge in [-0.3, -0.25) is 4.79 Å². The monoisotopic (exact) mass is 396 g/mol. The lowest BCUT2D eigenvalue weighted by Crippen LogP contribution is -2.04. The topological polar surface area (TPSA) is 99.6 Å². The van der Waals surface area contributed by atoms with Crippen LogP contribution in [0.1, 0.15) is 34.9 Å². The summed E-state index contributed by atoms with van der Waals surface area (Å²) >= 11 is 0. The molecule has 0 atom stereocenters. The van der Waals surface area contributed by atoms with Crippen LogP contribution < -0.4 is 0 Å². The number of carbonyl (C=O) groups is 1. The fourth-order valence-electron chi connectivity index (χ4n) is 3.35. The van der Waals surface area contributed by atoms with Gasteiger partial charge in [0.1, 0.15) is 6.07 Å². The number of hydrogen-bond acceptors (Lipinski definition) is 4. The molecule has 144 valence electrons. The van der Waals surface area contributed by atoms with Crippen LogP contribution in [0.4, 0.5) is 0 Å². The van der Waals surface area contributed by atoms with Crippen LogP contribution in [0, 0.1) is 18.3 Å². The van der Waals surface area contributed by atoms with Crippen LogP contribution in [0.5, 0.6) is 0 Å². The van der Waals surface area contributed by atoms with E-state index in [1.807, 2.05) is 11.3 Å². The largest absolute Gasteiger partial charge is 0.481 e. The van der Waals surface area contributed by atoms with E-state index in [0.29, 0.717) is 12.0 Å². The molecule has 0 aliphatic rings. The minimum atomic E-state index is -3.26. The number of nitriles is 1. The number of rotatable bonds is 6. The molecule has 1 N–H and O–H groups in total. The van der Waals surface area contributed by atoms with Gasteiger partial charge in [0.05, 0.1) is 22.6 Å². The van der Waals surface area contributed by atoms with E-state index in [4.69, 9.17) is 0 Å². The first-order valence-electron chi connectivity index (χ1n) is 8.82. The molecule has 0 spiro atoms. The van der Waals surface area contributed by atoms with Crippen LogP contribution in [0.2, 0.25) is 0 Å². The zero-order chi connectivity index (χ0) is 20.5. The van der Waals surface area contributed by atoms with E-state index in [9.17, 15) is 23.6 Å². The molecule has 0 bridgehead atoms. The van der Waals surface area contributed by atoms with Crippen LogP contribution in [0.15, 0.2) is 47.5 Å². The fourth-order valence-corrected chi connectivity index (χ4v) is 4.23. The van der Waals surface area contributed by atoms with Crippen molar-refractivity contribution in [1.29, 1.82) is 5.26 Å². The highest BCUT2D eigenvalue weighted by Gasteiger charge is 2.18. The minimum absolute atomic E-state index is 0.0459. The normalized spacial score (nSPS) is 11.5. The van der Waals surface area contributed by atoms with E-state index in [2.05, 4.69) is 6.07 Å². The van der Waals surface area contributed by atoms with Crippen molar-refractivity contribution in [3.8, 4) is 6.07 Å². The summed E-state index contributed by atoms with van der Waals surface area (Å²) in [7, 11) is -3.26. The van der Waals surface area contributed by atoms with Crippen LogP contribution in [-0.2, 0) is 27.5 Å². The fraction of sp³-hybridized carbons (Fsp3) is 0.238. The maximum atomic E-state index is 12.0. The molecule has 7 heteroatoms. The number of aliphatic carboxylic acids is 1. The third-order valence-electron chi connectivity index (χ3n) is 4.93. The lowest BCUT2D eigenvalue weighted by atomic mass is 10.0. The molecule has 0 unspecified atom stereocenters. The Morgan fingerprint density at radius 3 is 2.43 bits per heavy atom. The Balaban J connectivity index is 2.08. The zero-order valence-corrected chi connectivity index (χ0v) is 16.5. The van der Waals surface area contributed by atoms with E-state index in [0.717, 1.165) is 27.9 Å². The summed E-state index contributed by atoms with van der Waals surface area (Å²) in [4.78, 5) is 11.6. The second-order valence-corrected chi connectivity index (χ2v) is 8.91. The molecule has 1 aromatic carbocycles. The number of aromatic nitrogens is 1. The van der Waals surface area contributed by atoms with Crippen molar-refractivity contribution >= 4 is 21.3 Å². The Kier molecular flexibility index (Phi) is 5.25. The second kappa shape index (κ2) is 7.49. The van der Waals surface area contributed by atoms with Gasteiger partial charge in [-0.05, 0) is 47.9 Å². The van der Waals surface area contributed by atoms with Crippen molar-refractivity contribution in [2.24, 2.45) is 0 Å². The number of hydrogen-bond donors (Lipinski definition) is 1. The van der Waals surface area contributed by atoms with Crippen LogP contribution in [0.3, 0.4) is 0 Å². The molecular weight excluding hydrogens is 376 g/mol. The zero-order valence-electron chi connectivity index (χ0n) is 15.6. The van der Waals surface area contributed by atoms with Crippen LogP contribution >= 0.6 is 0 Å². The number of fused-ring (bicyclic) bond motifs is 1. The number of carboxylic acids is 1. The summed E-state index contributed by atoms with van der Waals surface area (Å²) < 4.78 is 25.8. The molecule has 0 saturated heterocycles. The van der Waals surface area contributed by atoms with Crippen molar-refractivity contribution < 1.29 is 18.3 Å². The number of benzene rings is 1. The number of carboxylic acid groups (broad SMARTS) is 1. The molecular formula is C21H20N2O4S. The van der Waals surface area contributed by atoms with Crippen molar-refractivity contribution in [2.75, 3.05) is 5.75 Å². The van der Waals surface area contributed by atoms with E-state index in [1.54, 1.807) is 49.5 Å². The molecule has 0 amide bonds. The predicted octanol–water partition coefficient (Wildman–Crippen LogP) is 3.13. The summed E-state index contributed by atoms with van der Waals surface area (Å²) in [6.07, 6.45) is 2.10. The van der Waals surface area contributed by atoms with Gasteiger partial charge in [-0.2, -0.15) is 5.26 Å². The maximum Gasteiger partial charge on any atom is 0.307 e. The van der Waals surface area contributed by atoms with Gasteiger partial charge in [0, 0.05) is 23.8 Å². The minimum Gasteiger partial charge on any atom is -0.481 e. The quantitative estimate of drug-likeness (QED) is 0.690. The summed E-state index contributed by atoms with van der Waals surface area (Å²) in [6.45, 7) is 3.48. The van der Waals surface area contributed by atoms with Gasteiger partial charge in [0.15, 0.2) is 9.84 Å². The molecule has 6 nitrogen and oxygen atoms in total. The summed E-state index contributed by atoms with van der Waals surface area (Å²) in [6, 6.07) is 12.3. The Morgan fingerprint density at radius 1 is 1.18 bits per heavy atom. The number of pyridine rings is 1. The Morgan fingerprint density at radius 2 is 1.86 bits per heavy atom. The van der Waals surface area contributed by atoms with Gasteiger partial charge in [0.25, 0.3) is 0 Å². The molecule has 0 saturated carbocycles. The van der Waals surface area contributed by atoms with Crippen LogP contribution in [0.25, 0.3) is 5.52 Å². The highest BCUT2D eigenvalue weighted by molar-refractivity contribution is 7.91. The highest BCUT2D eigenvalue weighted by Crippen LogP contribution is 2.27. The third-order valence-corrected chi connectivity index (χ3v) is 6.68. The third kappa shape index (κ3) is 3.64. The summed E-state index contributed by atoms with van der Waals surface area (Å²) in [5.74, 6) is -0.870. The molecule has 0 aliphatic carbocycles. The van der Waals surface area contributed by atoms with Crippen molar-refractivity contribution in [1.82, 2.24) is 4.40 Å². The predicted molar refractivity (Wildman–Crippen MR) is 105 cm³/mol. The van der Waals surface area contributed by atoms with E-state index >= 15 is 0 Å². The van der Waals surface area contributed by atoms with Gasteiger partial charge in [-0.1, -0.05) is 19.1 Å². The Hall–Kier alpha value is -3.11. The van der Waals surface area contributed by atoms with Gasteiger partial charge in [0.2, 0.25) is 0 Å². The smallest absolute Gasteiger partial charge is 0.307 e. The lowest BCUT2D eigenvalue weighted by molar-refractivity contribution is -0.136. The first-order chi connectivity index (χ1) is 13.3. The standard InChI is InChI=1S/C21H20N2O4S/c1-3-28(26,27)17-7-4-15(5-8-17)10-20-14(2)18(11-21(24)25)19-9-6-16(12-22)13-23(19)20/h4-9,13H,3,10-11H2,1-2H3,(H,24,25). The second-order valence-electron chi connectivity index (χ2n) is 6.63.